The fraction of sp³-hybridized carbons (Fsp3) is 0.500. The van der Waals surface area contributed by atoms with Crippen molar-refractivity contribution >= 4 is 15.9 Å². The van der Waals surface area contributed by atoms with Gasteiger partial charge in [0.05, 0.1) is 5.69 Å². The molecule has 18 heavy (non-hydrogen) atoms. The summed E-state index contributed by atoms with van der Waals surface area (Å²) in [5, 5.41) is 0. The first-order valence-electron chi connectivity index (χ1n) is 6.11. The summed E-state index contributed by atoms with van der Waals surface area (Å²) in [6.45, 7) is 4.58. The van der Waals surface area contributed by atoms with Crippen molar-refractivity contribution in [1.82, 2.24) is 4.72 Å². The molecule has 0 spiro atoms. The minimum Gasteiger partial charge on any atom is -0.324 e. The Labute approximate surface area is 108 Å². The molecule has 0 saturated heterocycles. The van der Waals surface area contributed by atoms with Crippen molar-refractivity contribution in [2.45, 2.75) is 26.3 Å². The molecule has 5 nitrogen and oxygen atoms in total. The Kier molecular flexibility index (Phi) is 3.61. The van der Waals surface area contributed by atoms with E-state index in [4.69, 9.17) is 5.73 Å². The van der Waals surface area contributed by atoms with E-state index < -0.39 is 10.2 Å². The third-order valence-corrected chi connectivity index (χ3v) is 4.71. The van der Waals surface area contributed by atoms with Crippen LogP contribution in [-0.4, -0.2) is 21.5 Å². The highest BCUT2D eigenvalue weighted by Gasteiger charge is 2.28. The summed E-state index contributed by atoms with van der Waals surface area (Å²) in [7, 11) is -3.40. The molecular formula is C12H19N3O2S. The predicted octanol–water partition coefficient (Wildman–Crippen LogP) is 0.923. The third kappa shape index (κ3) is 2.36. The molecule has 1 atom stereocenters. The summed E-state index contributed by atoms with van der Waals surface area (Å²) < 4.78 is 28.0. The minimum atomic E-state index is -3.40. The average Bonchev–Trinajstić information content (AvgIpc) is 2.71. The van der Waals surface area contributed by atoms with E-state index in [1.165, 1.54) is 4.31 Å². The second kappa shape index (κ2) is 4.87. The standard InChI is InChI=1S/C12H19N3O2S/c1-3-14-18(16,17)15-7-6-11-8-10(9(2)13)4-5-12(11)15/h4-5,8-9,14H,3,6-7,13H2,1-2H3. The highest BCUT2D eigenvalue weighted by molar-refractivity contribution is 7.90. The molecule has 0 bridgehead atoms. The zero-order valence-corrected chi connectivity index (χ0v) is 11.5. The molecule has 0 saturated carbocycles. The van der Waals surface area contributed by atoms with Gasteiger partial charge in [-0.05, 0) is 30.5 Å². The molecule has 1 aromatic carbocycles. The molecule has 1 unspecified atom stereocenters. The maximum atomic E-state index is 12.0. The van der Waals surface area contributed by atoms with Gasteiger partial charge in [0.15, 0.2) is 0 Å². The number of benzene rings is 1. The summed E-state index contributed by atoms with van der Waals surface area (Å²) in [6, 6.07) is 5.70. The van der Waals surface area contributed by atoms with Gasteiger partial charge < -0.3 is 5.73 Å². The summed E-state index contributed by atoms with van der Waals surface area (Å²) in [5.74, 6) is 0. The number of anilines is 1. The van der Waals surface area contributed by atoms with E-state index in [-0.39, 0.29) is 6.04 Å². The van der Waals surface area contributed by atoms with Crippen molar-refractivity contribution in [1.29, 1.82) is 0 Å². The highest BCUT2D eigenvalue weighted by atomic mass is 32.2. The van der Waals surface area contributed by atoms with Gasteiger partial charge in [0.2, 0.25) is 0 Å². The second-order valence-electron chi connectivity index (χ2n) is 4.50. The Hall–Kier alpha value is -1.11. The topological polar surface area (TPSA) is 75.4 Å². The number of nitrogens with two attached hydrogens (primary N) is 1. The molecule has 2 rings (SSSR count). The molecule has 1 aromatic rings. The van der Waals surface area contributed by atoms with E-state index >= 15 is 0 Å². The SMILES string of the molecule is CCNS(=O)(=O)N1CCc2cc(C(C)N)ccc21. The monoisotopic (exact) mass is 269 g/mol. The molecule has 0 fully saturated rings. The quantitative estimate of drug-likeness (QED) is 0.853. The van der Waals surface area contributed by atoms with E-state index in [9.17, 15) is 8.42 Å². The van der Waals surface area contributed by atoms with Gasteiger partial charge in [-0.1, -0.05) is 19.1 Å². The summed E-state index contributed by atoms with van der Waals surface area (Å²) in [4.78, 5) is 0. The van der Waals surface area contributed by atoms with Crippen LogP contribution in [0, 0.1) is 0 Å². The van der Waals surface area contributed by atoms with E-state index in [1.807, 2.05) is 25.1 Å². The predicted molar refractivity (Wildman–Crippen MR) is 72.7 cm³/mol. The lowest BCUT2D eigenvalue weighted by molar-refractivity contribution is 0.580. The van der Waals surface area contributed by atoms with Crippen LogP contribution in [0.3, 0.4) is 0 Å². The molecule has 1 heterocycles. The van der Waals surface area contributed by atoms with Crippen molar-refractivity contribution < 1.29 is 8.42 Å². The number of hydrogen-bond donors (Lipinski definition) is 2. The largest absolute Gasteiger partial charge is 0.324 e. The van der Waals surface area contributed by atoms with Crippen LogP contribution in [0.4, 0.5) is 5.69 Å². The Bertz CT molecular complexity index is 540. The van der Waals surface area contributed by atoms with E-state index in [0.717, 1.165) is 23.2 Å². The highest BCUT2D eigenvalue weighted by Crippen LogP contribution is 2.31. The van der Waals surface area contributed by atoms with E-state index in [2.05, 4.69) is 4.72 Å². The number of fused-ring (bicyclic) bond motifs is 1. The summed E-state index contributed by atoms with van der Waals surface area (Å²) in [6.07, 6.45) is 0.737. The van der Waals surface area contributed by atoms with Gasteiger partial charge in [-0.25, -0.2) is 0 Å². The van der Waals surface area contributed by atoms with E-state index in [0.29, 0.717) is 13.1 Å². The summed E-state index contributed by atoms with van der Waals surface area (Å²) in [5.41, 5.74) is 8.68. The van der Waals surface area contributed by atoms with Gasteiger partial charge in [0, 0.05) is 19.1 Å². The first-order chi connectivity index (χ1) is 8.45. The van der Waals surface area contributed by atoms with Gasteiger partial charge in [-0.3, -0.25) is 4.31 Å². The maximum Gasteiger partial charge on any atom is 0.301 e. The van der Waals surface area contributed by atoms with Crippen LogP contribution < -0.4 is 14.8 Å². The molecule has 0 aromatic heterocycles. The number of rotatable bonds is 4. The van der Waals surface area contributed by atoms with Gasteiger partial charge in [-0.2, -0.15) is 13.1 Å². The van der Waals surface area contributed by atoms with E-state index in [1.54, 1.807) is 6.92 Å². The lowest BCUT2D eigenvalue weighted by Gasteiger charge is -2.19. The molecule has 0 aliphatic carbocycles. The Morgan fingerprint density at radius 1 is 1.50 bits per heavy atom. The van der Waals surface area contributed by atoms with Gasteiger partial charge >= 0.3 is 10.2 Å². The number of nitrogens with one attached hydrogen (secondary N) is 1. The van der Waals surface area contributed by atoms with Crippen LogP contribution >= 0.6 is 0 Å². The lowest BCUT2D eigenvalue weighted by Crippen LogP contribution is -2.39. The molecule has 1 aliphatic heterocycles. The fourth-order valence-corrected chi connectivity index (χ4v) is 3.47. The van der Waals surface area contributed by atoms with Gasteiger partial charge in [-0.15, -0.1) is 0 Å². The van der Waals surface area contributed by atoms with Crippen molar-refractivity contribution in [3.63, 3.8) is 0 Å². The molecule has 1 aliphatic rings. The normalized spacial score (nSPS) is 16.7. The lowest BCUT2D eigenvalue weighted by atomic mass is 10.0. The minimum absolute atomic E-state index is 0.0327. The van der Waals surface area contributed by atoms with Crippen molar-refractivity contribution in [3.8, 4) is 0 Å². The Morgan fingerprint density at radius 2 is 2.22 bits per heavy atom. The van der Waals surface area contributed by atoms with Crippen molar-refractivity contribution in [3.05, 3.63) is 29.3 Å². The molecule has 3 N–H and O–H groups in total. The van der Waals surface area contributed by atoms with Gasteiger partial charge in [0.25, 0.3) is 0 Å². The summed E-state index contributed by atoms with van der Waals surface area (Å²) >= 11 is 0. The van der Waals surface area contributed by atoms with Crippen molar-refractivity contribution in [2.24, 2.45) is 5.73 Å². The fourth-order valence-electron chi connectivity index (χ4n) is 2.18. The van der Waals surface area contributed by atoms with Crippen molar-refractivity contribution in [2.75, 3.05) is 17.4 Å². The zero-order chi connectivity index (χ0) is 13.3. The average molecular weight is 269 g/mol. The number of nitrogens with zero attached hydrogens (tertiary/aromatic N) is 1. The third-order valence-electron chi connectivity index (χ3n) is 3.10. The van der Waals surface area contributed by atoms with Crippen LogP contribution in [0.5, 0.6) is 0 Å². The first-order valence-corrected chi connectivity index (χ1v) is 7.55. The van der Waals surface area contributed by atoms with Crippen LogP contribution in [0.25, 0.3) is 0 Å². The van der Waals surface area contributed by atoms with Gasteiger partial charge in [0.1, 0.15) is 0 Å². The molecule has 0 radical (unpaired) electrons. The smallest absolute Gasteiger partial charge is 0.301 e. The molecule has 100 valence electrons. The first kappa shape index (κ1) is 13.3. The number of hydrogen-bond acceptors (Lipinski definition) is 3. The molecular weight excluding hydrogens is 250 g/mol. The van der Waals surface area contributed by atoms with Crippen LogP contribution in [-0.2, 0) is 16.6 Å². The maximum absolute atomic E-state index is 12.0. The molecule has 6 heteroatoms. The van der Waals surface area contributed by atoms with Crippen LogP contribution in [0.15, 0.2) is 18.2 Å². The molecule has 0 amide bonds. The Balaban J connectivity index is 2.35. The zero-order valence-electron chi connectivity index (χ0n) is 10.7. The van der Waals surface area contributed by atoms with Crippen LogP contribution in [0.2, 0.25) is 0 Å². The van der Waals surface area contributed by atoms with Crippen LogP contribution in [0.1, 0.15) is 31.0 Å². The Morgan fingerprint density at radius 3 is 2.83 bits per heavy atom. The second-order valence-corrected chi connectivity index (χ2v) is 6.18.